The number of alkyl halides is 3. The van der Waals surface area contributed by atoms with Crippen LogP contribution in [0.15, 0.2) is 55.0 Å². The number of carbonyl (C=O) groups excluding carboxylic acids is 1. The van der Waals surface area contributed by atoms with Gasteiger partial charge in [0, 0.05) is 67.3 Å². The number of halogens is 3. The van der Waals surface area contributed by atoms with Gasteiger partial charge in [-0.05, 0) is 42.4 Å². The van der Waals surface area contributed by atoms with Crippen molar-refractivity contribution >= 4 is 22.6 Å². The molecule has 1 aliphatic rings. The third kappa shape index (κ3) is 6.83. The summed E-state index contributed by atoms with van der Waals surface area (Å²) in [4.78, 5) is 25.5. The van der Waals surface area contributed by atoms with Crippen molar-refractivity contribution in [3.63, 3.8) is 0 Å². The number of aromatic nitrogens is 4. The van der Waals surface area contributed by atoms with Crippen molar-refractivity contribution in [3.05, 3.63) is 82.9 Å². The van der Waals surface area contributed by atoms with E-state index in [1.54, 1.807) is 30.7 Å². The van der Waals surface area contributed by atoms with E-state index < -0.39 is 17.6 Å². The fourth-order valence-electron chi connectivity index (χ4n) is 4.63. The van der Waals surface area contributed by atoms with E-state index in [9.17, 15) is 18.0 Å². The van der Waals surface area contributed by atoms with Crippen LogP contribution in [0.4, 0.5) is 18.9 Å². The number of carbonyl (C=O) groups is 1. The Morgan fingerprint density at radius 1 is 1.00 bits per heavy atom. The first-order valence-electron chi connectivity index (χ1n) is 13.0. The number of pyridine rings is 2. The van der Waals surface area contributed by atoms with Crippen LogP contribution in [-0.4, -0.2) is 68.6 Å². The first-order valence-corrected chi connectivity index (χ1v) is 13.0. The van der Waals surface area contributed by atoms with E-state index in [4.69, 9.17) is 0 Å². The number of rotatable bonds is 6. The quantitative estimate of drug-likeness (QED) is 0.354. The van der Waals surface area contributed by atoms with Crippen molar-refractivity contribution in [3.8, 4) is 11.8 Å². The van der Waals surface area contributed by atoms with Gasteiger partial charge in [0.25, 0.3) is 0 Å². The van der Waals surface area contributed by atoms with Crippen LogP contribution in [0.1, 0.15) is 34.9 Å². The van der Waals surface area contributed by atoms with Gasteiger partial charge in [-0.1, -0.05) is 24.8 Å². The molecule has 0 spiro atoms. The topological polar surface area (TPSA) is 90.0 Å². The molecule has 1 amide bonds. The van der Waals surface area contributed by atoms with Crippen molar-refractivity contribution in [2.75, 3.05) is 38.0 Å². The first-order chi connectivity index (χ1) is 19.3. The molecule has 0 aliphatic carbocycles. The second-order valence-electron chi connectivity index (χ2n) is 9.62. The minimum atomic E-state index is -4.53. The highest BCUT2D eigenvalue weighted by Crippen LogP contribution is 2.34. The number of amides is 1. The van der Waals surface area contributed by atoms with Gasteiger partial charge in [-0.15, -0.1) is 0 Å². The Balaban J connectivity index is 1.24. The minimum Gasteiger partial charge on any atom is -0.326 e. The molecule has 1 aliphatic heterocycles. The Labute approximate surface area is 229 Å². The average molecular weight is 548 g/mol. The molecule has 8 nitrogen and oxygen atoms in total. The summed E-state index contributed by atoms with van der Waals surface area (Å²) in [5.74, 6) is 5.59. The van der Waals surface area contributed by atoms with E-state index in [0.717, 1.165) is 44.2 Å². The Morgan fingerprint density at radius 2 is 1.77 bits per heavy atom. The fourth-order valence-corrected chi connectivity index (χ4v) is 4.63. The summed E-state index contributed by atoms with van der Waals surface area (Å²) in [6, 6.07) is 9.24. The van der Waals surface area contributed by atoms with Gasteiger partial charge in [-0.2, -0.15) is 18.3 Å². The van der Waals surface area contributed by atoms with Gasteiger partial charge >= 0.3 is 6.18 Å². The molecule has 0 unspecified atom stereocenters. The van der Waals surface area contributed by atoms with Gasteiger partial charge in [0.05, 0.1) is 23.9 Å². The number of fused-ring (bicyclic) bond motifs is 1. The first kappa shape index (κ1) is 27.3. The molecular formula is C29H28F3N7O. The van der Waals surface area contributed by atoms with E-state index in [1.165, 1.54) is 12.1 Å². The monoisotopic (exact) mass is 547 g/mol. The van der Waals surface area contributed by atoms with Gasteiger partial charge in [-0.25, -0.2) is 4.98 Å². The molecule has 1 saturated heterocycles. The number of benzene rings is 1. The van der Waals surface area contributed by atoms with Crippen molar-refractivity contribution < 1.29 is 18.0 Å². The molecule has 0 bridgehead atoms. The standard InChI is InChI=1S/C29H28F3N7O/c1-2-38-9-11-39(12-10-38)19-22-5-6-24(15-26(22)29(30,31)32)36-27(40)16-25-14-20(7-8-33-25)3-4-21-13-23-18-35-37-28(23)34-17-21/h5-8,13-15,17-18H,2,9-12,16,19H2,1H3,(H,36,40)(H,34,35,37). The van der Waals surface area contributed by atoms with Crippen LogP contribution in [0.2, 0.25) is 0 Å². The molecule has 40 heavy (non-hydrogen) atoms. The van der Waals surface area contributed by atoms with Crippen LogP contribution in [0.5, 0.6) is 0 Å². The van der Waals surface area contributed by atoms with Crippen LogP contribution in [-0.2, 0) is 23.9 Å². The second kappa shape index (κ2) is 11.9. The predicted octanol–water partition coefficient (Wildman–Crippen LogP) is 4.09. The molecule has 1 fully saturated rings. The maximum Gasteiger partial charge on any atom is 0.416 e. The van der Waals surface area contributed by atoms with Gasteiger partial charge in [0.1, 0.15) is 0 Å². The van der Waals surface area contributed by atoms with Gasteiger partial charge < -0.3 is 10.2 Å². The maximum atomic E-state index is 13.9. The second-order valence-corrected chi connectivity index (χ2v) is 9.62. The molecule has 0 radical (unpaired) electrons. The molecule has 4 aromatic rings. The van der Waals surface area contributed by atoms with Crippen molar-refractivity contribution in [2.24, 2.45) is 0 Å². The molecule has 0 atom stereocenters. The number of nitrogens with one attached hydrogen (secondary N) is 2. The van der Waals surface area contributed by atoms with Crippen molar-refractivity contribution in [1.82, 2.24) is 30.0 Å². The molecule has 3 aromatic heterocycles. The van der Waals surface area contributed by atoms with Gasteiger partial charge in [0.15, 0.2) is 5.65 Å². The van der Waals surface area contributed by atoms with Gasteiger partial charge in [0.2, 0.25) is 5.91 Å². The minimum absolute atomic E-state index is 0.0926. The van der Waals surface area contributed by atoms with E-state index in [-0.39, 0.29) is 24.2 Å². The number of piperazine rings is 1. The Morgan fingerprint density at radius 3 is 2.55 bits per heavy atom. The summed E-state index contributed by atoms with van der Waals surface area (Å²) < 4.78 is 41.7. The molecule has 5 rings (SSSR count). The maximum absolute atomic E-state index is 13.9. The SMILES string of the molecule is CCN1CCN(Cc2ccc(NC(=O)Cc3cc(C#Cc4cnc5[nH]ncc5c4)ccn3)cc2C(F)(F)F)CC1. The van der Waals surface area contributed by atoms with Crippen molar-refractivity contribution in [1.29, 1.82) is 0 Å². The highest BCUT2D eigenvalue weighted by Gasteiger charge is 2.34. The lowest BCUT2D eigenvalue weighted by Gasteiger charge is -2.34. The Bertz CT molecular complexity index is 1560. The van der Waals surface area contributed by atoms with E-state index in [0.29, 0.717) is 22.5 Å². The zero-order chi connectivity index (χ0) is 28.1. The van der Waals surface area contributed by atoms with Crippen LogP contribution in [0.3, 0.4) is 0 Å². The van der Waals surface area contributed by atoms with Gasteiger partial charge in [-0.3, -0.25) is 19.8 Å². The summed E-state index contributed by atoms with van der Waals surface area (Å²) in [6.45, 7) is 6.34. The van der Waals surface area contributed by atoms with Crippen LogP contribution in [0.25, 0.3) is 11.0 Å². The number of anilines is 1. The molecule has 4 heterocycles. The molecule has 1 aromatic carbocycles. The largest absolute Gasteiger partial charge is 0.416 e. The molecule has 11 heteroatoms. The normalized spacial score (nSPS) is 14.6. The summed E-state index contributed by atoms with van der Waals surface area (Å²) >= 11 is 0. The summed E-state index contributed by atoms with van der Waals surface area (Å²) in [5, 5.41) is 10.1. The van der Waals surface area contributed by atoms with Crippen molar-refractivity contribution in [2.45, 2.75) is 26.1 Å². The van der Waals surface area contributed by atoms with E-state index >= 15 is 0 Å². The zero-order valence-electron chi connectivity index (χ0n) is 21.9. The number of hydrogen-bond acceptors (Lipinski definition) is 6. The smallest absolute Gasteiger partial charge is 0.326 e. The van der Waals surface area contributed by atoms with E-state index in [1.807, 2.05) is 11.0 Å². The summed E-state index contributed by atoms with van der Waals surface area (Å²) in [6.07, 6.45) is 0.198. The summed E-state index contributed by atoms with van der Waals surface area (Å²) in [5.41, 5.74) is 2.03. The molecule has 0 saturated carbocycles. The fraction of sp³-hybridized carbons (Fsp3) is 0.310. The third-order valence-electron chi connectivity index (χ3n) is 6.81. The number of likely N-dealkylation sites (N-methyl/N-ethyl adjacent to an activating group) is 1. The Kier molecular flexibility index (Phi) is 8.09. The lowest BCUT2D eigenvalue weighted by molar-refractivity contribution is -0.138. The average Bonchev–Trinajstić information content (AvgIpc) is 3.41. The zero-order valence-corrected chi connectivity index (χ0v) is 21.9. The number of H-pyrrole nitrogens is 1. The van der Waals surface area contributed by atoms with Crippen LogP contribution >= 0.6 is 0 Å². The predicted molar refractivity (Wildman–Crippen MR) is 145 cm³/mol. The lowest BCUT2D eigenvalue weighted by Crippen LogP contribution is -2.45. The Hall–Kier alpha value is -4.27. The molecular weight excluding hydrogens is 519 g/mol. The lowest BCUT2D eigenvalue weighted by atomic mass is 10.0. The molecule has 206 valence electrons. The van der Waals surface area contributed by atoms with E-state index in [2.05, 4.69) is 49.1 Å². The number of nitrogens with zero attached hydrogens (tertiary/aromatic N) is 5. The highest BCUT2D eigenvalue weighted by molar-refractivity contribution is 5.92. The van der Waals surface area contributed by atoms with Crippen LogP contribution < -0.4 is 5.32 Å². The highest BCUT2D eigenvalue weighted by atomic mass is 19.4. The van der Waals surface area contributed by atoms with Crippen LogP contribution in [0, 0.1) is 11.8 Å². The third-order valence-corrected chi connectivity index (χ3v) is 6.81. The molecule has 2 N–H and O–H groups in total. The summed E-state index contributed by atoms with van der Waals surface area (Å²) in [7, 11) is 0. The number of hydrogen-bond donors (Lipinski definition) is 2. The number of aromatic amines is 1.